The van der Waals surface area contributed by atoms with Crippen LogP contribution in [0.2, 0.25) is 0 Å². The number of hydrogen-bond acceptors (Lipinski definition) is 2. The molecule has 0 aliphatic heterocycles. The molecule has 17 heavy (non-hydrogen) atoms. The molecule has 1 aromatic heterocycles. The third-order valence-electron chi connectivity index (χ3n) is 3.95. The van der Waals surface area contributed by atoms with E-state index in [1.807, 2.05) is 11.3 Å². The molecular formula is C14H22BrNS. The summed E-state index contributed by atoms with van der Waals surface area (Å²) in [6.07, 6.45) is 8.83. The number of nitrogens with two attached hydrogens (primary N) is 1. The highest BCUT2D eigenvalue weighted by molar-refractivity contribution is 9.10. The molecule has 1 fully saturated rings. The molecule has 2 N–H and O–H groups in total. The van der Waals surface area contributed by atoms with Crippen molar-refractivity contribution in [3.8, 4) is 0 Å². The van der Waals surface area contributed by atoms with Gasteiger partial charge in [0, 0.05) is 20.3 Å². The lowest BCUT2D eigenvalue weighted by molar-refractivity contribution is 0.224. The number of rotatable bonds is 4. The standard InChI is InChI=1S/C14H22BrNS/c1-2-3-11-4-6-14(16,7-5-11)9-13-8-12(15)10-17-13/h8,10-11H,2-7,9,16H2,1H3. The normalized spacial score (nSPS) is 29.5. The van der Waals surface area contributed by atoms with E-state index >= 15 is 0 Å². The minimum Gasteiger partial charge on any atom is -0.325 e. The summed E-state index contributed by atoms with van der Waals surface area (Å²) in [7, 11) is 0. The number of halogens is 1. The van der Waals surface area contributed by atoms with Gasteiger partial charge in [0.15, 0.2) is 0 Å². The van der Waals surface area contributed by atoms with E-state index in [9.17, 15) is 0 Å². The van der Waals surface area contributed by atoms with Gasteiger partial charge in [-0.05, 0) is 60.0 Å². The first-order valence-corrected chi connectivity index (χ1v) is 8.30. The summed E-state index contributed by atoms with van der Waals surface area (Å²) in [4.78, 5) is 1.42. The van der Waals surface area contributed by atoms with Crippen LogP contribution >= 0.6 is 27.3 Å². The minimum absolute atomic E-state index is 0.0640. The van der Waals surface area contributed by atoms with E-state index in [4.69, 9.17) is 5.73 Å². The van der Waals surface area contributed by atoms with Crippen LogP contribution in [0.25, 0.3) is 0 Å². The van der Waals surface area contributed by atoms with Gasteiger partial charge in [-0.1, -0.05) is 19.8 Å². The Labute approximate surface area is 117 Å². The Morgan fingerprint density at radius 1 is 1.47 bits per heavy atom. The molecule has 0 aromatic carbocycles. The van der Waals surface area contributed by atoms with Crippen LogP contribution in [-0.4, -0.2) is 5.54 Å². The maximum Gasteiger partial charge on any atom is 0.0285 e. The smallest absolute Gasteiger partial charge is 0.0285 e. The Bertz CT molecular complexity index is 353. The molecule has 0 spiro atoms. The molecule has 0 amide bonds. The van der Waals surface area contributed by atoms with Gasteiger partial charge < -0.3 is 5.73 Å². The maximum absolute atomic E-state index is 6.55. The van der Waals surface area contributed by atoms with Gasteiger partial charge in [-0.3, -0.25) is 0 Å². The summed E-state index contributed by atoms with van der Waals surface area (Å²) in [5, 5.41) is 2.15. The zero-order valence-electron chi connectivity index (χ0n) is 10.5. The molecule has 96 valence electrons. The van der Waals surface area contributed by atoms with Crippen LogP contribution in [0.5, 0.6) is 0 Å². The molecule has 0 radical (unpaired) electrons. The summed E-state index contributed by atoms with van der Waals surface area (Å²) >= 11 is 5.34. The molecule has 1 nitrogen and oxygen atoms in total. The second kappa shape index (κ2) is 5.85. The van der Waals surface area contributed by atoms with E-state index in [0.29, 0.717) is 0 Å². The van der Waals surface area contributed by atoms with Crippen LogP contribution < -0.4 is 5.73 Å². The first-order valence-electron chi connectivity index (χ1n) is 6.63. The van der Waals surface area contributed by atoms with Crippen molar-refractivity contribution < 1.29 is 0 Å². The topological polar surface area (TPSA) is 26.0 Å². The highest BCUT2D eigenvalue weighted by Crippen LogP contribution is 2.36. The number of hydrogen-bond donors (Lipinski definition) is 1. The Kier molecular flexibility index (Phi) is 4.67. The van der Waals surface area contributed by atoms with Crippen molar-refractivity contribution in [1.82, 2.24) is 0 Å². The van der Waals surface area contributed by atoms with Gasteiger partial charge in [-0.2, -0.15) is 0 Å². The van der Waals surface area contributed by atoms with Crippen LogP contribution in [-0.2, 0) is 6.42 Å². The van der Waals surface area contributed by atoms with Gasteiger partial charge in [0.05, 0.1) is 0 Å². The van der Waals surface area contributed by atoms with Crippen molar-refractivity contribution in [2.75, 3.05) is 0 Å². The first-order chi connectivity index (χ1) is 8.11. The Morgan fingerprint density at radius 2 is 2.18 bits per heavy atom. The minimum atomic E-state index is 0.0640. The quantitative estimate of drug-likeness (QED) is 0.853. The molecule has 0 bridgehead atoms. The third-order valence-corrected chi connectivity index (χ3v) is 5.64. The van der Waals surface area contributed by atoms with Gasteiger partial charge >= 0.3 is 0 Å². The fourth-order valence-corrected chi connectivity index (χ4v) is 4.53. The molecule has 3 heteroatoms. The van der Waals surface area contributed by atoms with Gasteiger partial charge in [0.2, 0.25) is 0 Å². The molecule has 1 aromatic rings. The van der Waals surface area contributed by atoms with Gasteiger partial charge in [0.25, 0.3) is 0 Å². The van der Waals surface area contributed by atoms with E-state index in [1.165, 1.54) is 47.9 Å². The fraction of sp³-hybridized carbons (Fsp3) is 0.714. The SMILES string of the molecule is CCCC1CCC(N)(Cc2cc(Br)cs2)CC1. The second-order valence-corrected chi connectivity index (χ2v) is 7.41. The number of thiophene rings is 1. The molecule has 1 heterocycles. The Balaban J connectivity index is 1.89. The average Bonchev–Trinajstić information content (AvgIpc) is 2.68. The summed E-state index contributed by atoms with van der Waals surface area (Å²) in [6, 6.07) is 2.22. The Hall–Kier alpha value is 0.140. The molecule has 1 aliphatic rings. The first kappa shape index (κ1) is 13.6. The van der Waals surface area contributed by atoms with Crippen molar-refractivity contribution in [1.29, 1.82) is 0 Å². The van der Waals surface area contributed by atoms with Crippen molar-refractivity contribution in [2.45, 2.75) is 57.4 Å². The van der Waals surface area contributed by atoms with E-state index in [0.717, 1.165) is 12.3 Å². The second-order valence-electron chi connectivity index (χ2n) is 5.50. The third kappa shape index (κ3) is 3.80. The van der Waals surface area contributed by atoms with Crippen LogP contribution in [0.3, 0.4) is 0 Å². The highest BCUT2D eigenvalue weighted by Gasteiger charge is 2.31. The summed E-state index contributed by atoms with van der Waals surface area (Å²) < 4.78 is 1.20. The monoisotopic (exact) mass is 315 g/mol. The molecular weight excluding hydrogens is 294 g/mol. The van der Waals surface area contributed by atoms with Crippen molar-refractivity contribution in [3.63, 3.8) is 0 Å². The largest absolute Gasteiger partial charge is 0.325 e. The molecule has 0 atom stereocenters. The van der Waals surface area contributed by atoms with Gasteiger partial charge in [-0.25, -0.2) is 0 Å². The van der Waals surface area contributed by atoms with E-state index < -0.39 is 0 Å². The Morgan fingerprint density at radius 3 is 2.71 bits per heavy atom. The summed E-state index contributed by atoms with van der Waals surface area (Å²) in [5.41, 5.74) is 6.61. The predicted molar refractivity (Wildman–Crippen MR) is 79.5 cm³/mol. The molecule has 1 saturated carbocycles. The van der Waals surface area contributed by atoms with E-state index in [-0.39, 0.29) is 5.54 Å². The van der Waals surface area contributed by atoms with Gasteiger partial charge in [-0.15, -0.1) is 11.3 Å². The van der Waals surface area contributed by atoms with Crippen molar-refractivity contribution >= 4 is 27.3 Å². The summed E-state index contributed by atoms with van der Waals surface area (Å²) in [5.74, 6) is 0.937. The maximum atomic E-state index is 6.55. The molecule has 1 aliphatic carbocycles. The summed E-state index contributed by atoms with van der Waals surface area (Å²) in [6.45, 7) is 2.29. The zero-order chi connectivity index (χ0) is 12.3. The van der Waals surface area contributed by atoms with Crippen LogP contribution in [0.1, 0.15) is 50.3 Å². The zero-order valence-corrected chi connectivity index (χ0v) is 12.9. The van der Waals surface area contributed by atoms with E-state index in [2.05, 4.69) is 34.3 Å². The van der Waals surface area contributed by atoms with E-state index in [1.54, 1.807) is 0 Å². The molecule has 0 saturated heterocycles. The van der Waals surface area contributed by atoms with Crippen molar-refractivity contribution in [2.24, 2.45) is 11.7 Å². The van der Waals surface area contributed by atoms with Gasteiger partial charge in [0.1, 0.15) is 0 Å². The lowest BCUT2D eigenvalue weighted by atomic mass is 9.74. The lowest BCUT2D eigenvalue weighted by Gasteiger charge is -2.37. The average molecular weight is 316 g/mol. The van der Waals surface area contributed by atoms with Crippen LogP contribution in [0.4, 0.5) is 0 Å². The van der Waals surface area contributed by atoms with Crippen LogP contribution in [0.15, 0.2) is 15.9 Å². The molecule has 2 rings (SSSR count). The van der Waals surface area contributed by atoms with Crippen LogP contribution in [0, 0.1) is 5.92 Å². The highest BCUT2D eigenvalue weighted by atomic mass is 79.9. The fourth-order valence-electron chi connectivity index (χ4n) is 2.92. The molecule has 0 unspecified atom stereocenters. The predicted octanol–water partition coefficient (Wildman–Crippen LogP) is 4.74. The van der Waals surface area contributed by atoms with Crippen molar-refractivity contribution in [3.05, 3.63) is 20.8 Å². The lowest BCUT2D eigenvalue weighted by Crippen LogP contribution is -2.45.